The number of benzene rings is 1. The van der Waals surface area contributed by atoms with Gasteiger partial charge < -0.3 is 19.5 Å². The van der Waals surface area contributed by atoms with Crippen LogP contribution in [-0.2, 0) is 18.6 Å². The highest BCUT2D eigenvalue weighted by atomic mass is 32.2. The third-order valence-corrected chi connectivity index (χ3v) is 9.14. The Bertz CT molecular complexity index is 1380. The Kier molecular flexibility index (Phi) is 7.53. The molecule has 0 amide bonds. The highest BCUT2D eigenvalue weighted by Gasteiger charge is 2.68. The van der Waals surface area contributed by atoms with E-state index in [2.05, 4.69) is 20.1 Å². The number of aliphatic carboxylic acids is 1. The quantitative estimate of drug-likeness (QED) is 0.143. The number of hydrogen-bond acceptors (Lipinski definition) is 10. The molecule has 2 saturated heterocycles. The summed E-state index contributed by atoms with van der Waals surface area (Å²) >= 11 is 1.26. The van der Waals surface area contributed by atoms with Crippen LogP contribution >= 0.6 is 19.5 Å². The Labute approximate surface area is 213 Å². The molecule has 2 aliphatic heterocycles. The number of aromatic nitrogens is 2. The number of carbonyl (C=O) groups is 1. The molecule has 17 heteroatoms. The molecule has 0 radical (unpaired) electrons. The SMILES string of the molecule is CC(NP(=O)(OC[C@@]1(N=[N+]=[N-])O[C@@H](n2ccc(=O)[nH]c2=O)[C@@]2(CCS2)[C@@H]1O)Oc1ccccc1)C(=O)O. The first-order valence-electron chi connectivity index (χ1n) is 10.9. The third-order valence-electron chi connectivity index (χ3n) is 5.94. The molecule has 2 aromatic rings. The number of para-hydroxylation sites is 1. The Morgan fingerprint density at radius 2 is 2.14 bits per heavy atom. The van der Waals surface area contributed by atoms with Crippen molar-refractivity contribution in [3.05, 3.63) is 73.9 Å². The third kappa shape index (κ3) is 5.18. The van der Waals surface area contributed by atoms with Crippen LogP contribution in [0.1, 0.15) is 19.6 Å². The lowest BCUT2D eigenvalue weighted by Gasteiger charge is -2.44. The fourth-order valence-corrected chi connectivity index (χ4v) is 6.84. The second-order valence-electron chi connectivity index (χ2n) is 8.34. The number of aliphatic hydroxyl groups excluding tert-OH is 1. The molecule has 0 bridgehead atoms. The van der Waals surface area contributed by atoms with Gasteiger partial charge in [0, 0.05) is 17.2 Å². The predicted octanol–water partition coefficient (Wildman–Crippen LogP) is 1.57. The van der Waals surface area contributed by atoms with Crippen molar-refractivity contribution in [2.24, 2.45) is 5.11 Å². The number of hydrogen-bond donors (Lipinski definition) is 4. The molecule has 0 aliphatic carbocycles. The molecule has 4 rings (SSSR count). The van der Waals surface area contributed by atoms with Crippen LogP contribution in [0, 0.1) is 0 Å². The summed E-state index contributed by atoms with van der Waals surface area (Å²) in [5.41, 5.74) is 5.65. The normalized spacial score (nSPS) is 29.0. The number of carboxylic acid groups (broad SMARTS) is 1. The molecular weight excluding hydrogens is 531 g/mol. The molecule has 2 aliphatic rings. The first kappa shape index (κ1) is 26.9. The molecule has 3 heterocycles. The van der Waals surface area contributed by atoms with Crippen molar-refractivity contribution in [1.29, 1.82) is 0 Å². The van der Waals surface area contributed by atoms with Crippen molar-refractivity contribution in [1.82, 2.24) is 14.6 Å². The molecular formula is C20H23N6O9PS. The van der Waals surface area contributed by atoms with Gasteiger partial charge in [-0.25, -0.2) is 9.36 Å². The summed E-state index contributed by atoms with van der Waals surface area (Å²) in [6.07, 6.45) is -1.21. The fourth-order valence-electron chi connectivity index (χ4n) is 4.00. The van der Waals surface area contributed by atoms with Gasteiger partial charge >= 0.3 is 19.4 Å². The topological polar surface area (TPSA) is 218 Å². The van der Waals surface area contributed by atoms with E-state index in [9.17, 15) is 34.7 Å². The summed E-state index contributed by atoms with van der Waals surface area (Å²) in [5, 5.41) is 26.6. The second kappa shape index (κ2) is 10.3. The molecule has 2 unspecified atom stereocenters. The van der Waals surface area contributed by atoms with Crippen molar-refractivity contribution >= 4 is 25.5 Å². The minimum absolute atomic E-state index is 0.0883. The molecule has 15 nitrogen and oxygen atoms in total. The van der Waals surface area contributed by atoms with E-state index >= 15 is 0 Å². The molecule has 37 heavy (non-hydrogen) atoms. The van der Waals surface area contributed by atoms with E-state index in [0.717, 1.165) is 10.6 Å². The lowest BCUT2D eigenvalue weighted by molar-refractivity contribution is -0.138. The van der Waals surface area contributed by atoms with E-state index in [1.807, 2.05) is 0 Å². The number of rotatable bonds is 10. The van der Waals surface area contributed by atoms with Crippen LogP contribution in [0.15, 0.2) is 57.3 Å². The Hall–Kier alpha value is -3.10. The van der Waals surface area contributed by atoms with Gasteiger partial charge in [0.25, 0.3) is 5.56 Å². The number of aromatic amines is 1. The molecule has 1 aromatic carbocycles. The van der Waals surface area contributed by atoms with Crippen molar-refractivity contribution in [2.75, 3.05) is 12.4 Å². The molecule has 1 aromatic heterocycles. The van der Waals surface area contributed by atoms with E-state index in [-0.39, 0.29) is 5.75 Å². The number of azide groups is 1. The lowest BCUT2D eigenvalue weighted by atomic mass is 9.91. The fraction of sp³-hybridized carbons (Fsp3) is 0.450. The molecule has 198 valence electrons. The maximum absolute atomic E-state index is 13.6. The van der Waals surface area contributed by atoms with Crippen LogP contribution in [0.5, 0.6) is 5.75 Å². The molecule has 6 atom stereocenters. The van der Waals surface area contributed by atoms with E-state index in [1.165, 1.54) is 37.0 Å². The van der Waals surface area contributed by atoms with Gasteiger partial charge in [-0.05, 0) is 36.8 Å². The van der Waals surface area contributed by atoms with Crippen molar-refractivity contribution < 1.29 is 33.4 Å². The predicted molar refractivity (Wildman–Crippen MR) is 130 cm³/mol. The highest BCUT2D eigenvalue weighted by molar-refractivity contribution is 8.02. The number of thioether (sulfide) groups is 1. The zero-order chi connectivity index (χ0) is 26.8. The highest BCUT2D eigenvalue weighted by Crippen LogP contribution is 2.60. The van der Waals surface area contributed by atoms with Crippen LogP contribution in [0.25, 0.3) is 10.4 Å². The number of carboxylic acids is 1. The van der Waals surface area contributed by atoms with E-state index in [0.29, 0.717) is 12.2 Å². The summed E-state index contributed by atoms with van der Waals surface area (Å²) in [7, 11) is -4.46. The van der Waals surface area contributed by atoms with Crippen LogP contribution in [0.4, 0.5) is 0 Å². The maximum Gasteiger partial charge on any atom is 0.459 e. The standard InChI is InChI=1S/C20H23N6O9PS/c1-12(15(28)29)23-36(32,35-13-5-3-2-4-6-13)33-11-20(24-25-21)16(30)19(8-10-37-19)17(34-20)26-9-7-14(27)22-18(26)31/h2-7,9,12,16-17,30H,8,10-11H2,1H3,(H,23,32)(H,28,29)(H,22,27,31)/t12?,16-,17+,19+,20+,36?/m0/s1. The van der Waals surface area contributed by atoms with Gasteiger partial charge in [0.15, 0.2) is 12.0 Å². The minimum Gasteiger partial charge on any atom is -0.480 e. The van der Waals surface area contributed by atoms with E-state index < -0.39 is 60.4 Å². The van der Waals surface area contributed by atoms with Crippen molar-refractivity contribution in [2.45, 2.75) is 42.2 Å². The van der Waals surface area contributed by atoms with Gasteiger partial charge in [-0.3, -0.25) is 23.7 Å². The number of nitrogens with zero attached hydrogens (tertiary/aromatic N) is 4. The zero-order valence-electron chi connectivity index (χ0n) is 19.3. The molecule has 0 saturated carbocycles. The van der Waals surface area contributed by atoms with Gasteiger partial charge in [-0.15, -0.1) is 11.8 Å². The molecule has 1 spiro atoms. The first-order chi connectivity index (χ1) is 17.5. The minimum atomic E-state index is -4.46. The van der Waals surface area contributed by atoms with E-state index in [1.54, 1.807) is 18.2 Å². The second-order valence-corrected chi connectivity index (χ2v) is 11.5. The van der Waals surface area contributed by atoms with Gasteiger partial charge in [-0.1, -0.05) is 23.3 Å². The van der Waals surface area contributed by atoms with Gasteiger partial charge in [0.2, 0.25) is 0 Å². The average molecular weight is 554 g/mol. The number of ether oxygens (including phenoxy) is 1. The van der Waals surface area contributed by atoms with Crippen molar-refractivity contribution in [3.63, 3.8) is 0 Å². The zero-order valence-corrected chi connectivity index (χ0v) is 21.0. The average Bonchev–Trinajstić information content (AvgIpc) is 3.07. The maximum atomic E-state index is 13.6. The number of aliphatic hydroxyl groups is 1. The van der Waals surface area contributed by atoms with Crippen LogP contribution < -0.4 is 20.9 Å². The summed E-state index contributed by atoms with van der Waals surface area (Å²) in [4.78, 5) is 40.3. The monoisotopic (exact) mass is 554 g/mol. The molecule has 2 fully saturated rings. The van der Waals surface area contributed by atoms with Gasteiger partial charge in [0.05, 0.1) is 11.4 Å². The summed E-state index contributed by atoms with van der Waals surface area (Å²) < 4.78 is 30.4. The van der Waals surface area contributed by atoms with Gasteiger partial charge in [0.1, 0.15) is 17.9 Å². The number of H-pyrrole nitrogens is 1. The van der Waals surface area contributed by atoms with Crippen LogP contribution in [0.3, 0.4) is 0 Å². The molecule has 4 N–H and O–H groups in total. The largest absolute Gasteiger partial charge is 0.480 e. The number of nitrogens with one attached hydrogen (secondary N) is 2. The summed E-state index contributed by atoms with van der Waals surface area (Å²) in [6, 6.07) is 7.51. The van der Waals surface area contributed by atoms with Crippen LogP contribution in [-0.4, -0.2) is 60.7 Å². The smallest absolute Gasteiger partial charge is 0.459 e. The van der Waals surface area contributed by atoms with Gasteiger partial charge in [-0.2, -0.15) is 5.09 Å². The van der Waals surface area contributed by atoms with Crippen LogP contribution in [0.2, 0.25) is 0 Å². The Morgan fingerprint density at radius 1 is 1.43 bits per heavy atom. The lowest BCUT2D eigenvalue weighted by Crippen LogP contribution is -2.55. The first-order valence-corrected chi connectivity index (χ1v) is 13.4. The summed E-state index contributed by atoms with van der Waals surface area (Å²) in [6.45, 7) is 0.383. The van der Waals surface area contributed by atoms with Crippen molar-refractivity contribution in [3.8, 4) is 5.75 Å². The van der Waals surface area contributed by atoms with E-state index in [4.69, 9.17) is 13.8 Å². The summed E-state index contributed by atoms with van der Waals surface area (Å²) in [5.74, 6) is -0.662. The Balaban J connectivity index is 1.68. The Morgan fingerprint density at radius 3 is 2.70 bits per heavy atom.